The van der Waals surface area contributed by atoms with Gasteiger partial charge in [0.15, 0.2) is 11.6 Å². The maximum atomic E-state index is 13.7. The molecule has 30 heavy (non-hydrogen) atoms. The molecular weight excluding hydrogens is 414 g/mol. The number of aryl methyl sites for hydroxylation is 1. The summed E-state index contributed by atoms with van der Waals surface area (Å²) < 4.78 is 59.1. The van der Waals surface area contributed by atoms with Crippen LogP contribution in [0.1, 0.15) is 25.3 Å². The van der Waals surface area contributed by atoms with E-state index >= 15 is 0 Å². The second-order valence-electron chi connectivity index (χ2n) is 7.38. The van der Waals surface area contributed by atoms with Crippen molar-refractivity contribution < 1.29 is 26.7 Å². The van der Waals surface area contributed by atoms with Crippen LogP contribution in [0.25, 0.3) is 0 Å². The molecule has 3 rings (SSSR count). The van der Waals surface area contributed by atoms with Crippen molar-refractivity contribution in [3.8, 4) is 5.75 Å². The van der Waals surface area contributed by atoms with Crippen molar-refractivity contribution >= 4 is 15.9 Å². The fourth-order valence-corrected chi connectivity index (χ4v) is 4.98. The number of sulfonamides is 1. The number of nitrogens with one attached hydrogen (secondary N) is 1. The molecule has 162 valence electrons. The van der Waals surface area contributed by atoms with E-state index in [9.17, 15) is 22.0 Å². The number of ether oxygens (including phenoxy) is 1. The van der Waals surface area contributed by atoms with E-state index in [1.165, 1.54) is 22.5 Å². The molecule has 0 aliphatic carbocycles. The van der Waals surface area contributed by atoms with Gasteiger partial charge in [-0.05, 0) is 51.0 Å². The Labute approximate surface area is 174 Å². The van der Waals surface area contributed by atoms with Gasteiger partial charge < -0.3 is 10.1 Å². The van der Waals surface area contributed by atoms with E-state index in [1.807, 2.05) is 6.92 Å². The van der Waals surface area contributed by atoms with Crippen LogP contribution in [0.15, 0.2) is 47.4 Å². The van der Waals surface area contributed by atoms with Crippen LogP contribution in [0.5, 0.6) is 5.75 Å². The summed E-state index contributed by atoms with van der Waals surface area (Å²) in [6.45, 7) is 3.74. The number of benzene rings is 2. The largest absolute Gasteiger partial charge is 0.488 e. The smallest absolute Gasteiger partial charge is 0.243 e. The van der Waals surface area contributed by atoms with Gasteiger partial charge in [-0.25, -0.2) is 17.2 Å². The summed E-state index contributed by atoms with van der Waals surface area (Å²) >= 11 is 0. The second-order valence-corrected chi connectivity index (χ2v) is 9.27. The maximum absolute atomic E-state index is 13.7. The fourth-order valence-electron chi connectivity index (χ4n) is 3.32. The molecule has 1 N–H and O–H groups in total. The number of rotatable bonds is 7. The average molecular weight is 438 g/mol. The predicted molar refractivity (Wildman–Crippen MR) is 108 cm³/mol. The van der Waals surface area contributed by atoms with Crippen molar-refractivity contribution in [2.24, 2.45) is 0 Å². The molecule has 1 heterocycles. The fraction of sp³-hybridized carbons (Fsp3) is 0.381. The molecule has 1 aliphatic heterocycles. The van der Waals surface area contributed by atoms with Gasteiger partial charge in [-0.3, -0.25) is 4.79 Å². The summed E-state index contributed by atoms with van der Waals surface area (Å²) in [6, 6.07) is 8.13. The van der Waals surface area contributed by atoms with Crippen molar-refractivity contribution in [2.45, 2.75) is 43.7 Å². The first-order valence-corrected chi connectivity index (χ1v) is 11.1. The molecule has 2 atom stereocenters. The summed E-state index contributed by atoms with van der Waals surface area (Å²) in [5.74, 6) is -2.10. The zero-order valence-corrected chi connectivity index (χ0v) is 17.6. The van der Waals surface area contributed by atoms with Gasteiger partial charge >= 0.3 is 0 Å². The molecule has 6 nitrogen and oxygen atoms in total. The molecule has 9 heteroatoms. The van der Waals surface area contributed by atoms with Gasteiger partial charge in [0.25, 0.3) is 0 Å². The SMILES string of the molecule is Cc1ccc(S(=O)(=O)N2CCC[C@H]2C(=O)NC(C)COc2ccc(F)cc2F)cc1. The first-order chi connectivity index (χ1) is 14.2. The van der Waals surface area contributed by atoms with E-state index < -0.39 is 39.6 Å². The van der Waals surface area contributed by atoms with E-state index in [2.05, 4.69) is 5.32 Å². The molecule has 1 fully saturated rings. The Balaban J connectivity index is 1.63. The van der Waals surface area contributed by atoms with Gasteiger partial charge in [0, 0.05) is 12.6 Å². The van der Waals surface area contributed by atoms with E-state index in [0.717, 1.165) is 11.6 Å². The van der Waals surface area contributed by atoms with Crippen LogP contribution in [0, 0.1) is 18.6 Å². The van der Waals surface area contributed by atoms with Crippen molar-refractivity contribution in [3.63, 3.8) is 0 Å². The number of amides is 1. The molecule has 2 aromatic rings. The predicted octanol–water partition coefficient (Wildman–Crippen LogP) is 3.01. The molecule has 0 saturated carbocycles. The Kier molecular flexibility index (Phi) is 6.72. The van der Waals surface area contributed by atoms with Crippen LogP contribution < -0.4 is 10.1 Å². The topological polar surface area (TPSA) is 75.7 Å². The number of nitrogens with zero attached hydrogens (tertiary/aromatic N) is 1. The lowest BCUT2D eigenvalue weighted by molar-refractivity contribution is -0.125. The minimum atomic E-state index is -3.79. The van der Waals surface area contributed by atoms with Crippen LogP contribution in [0.3, 0.4) is 0 Å². The molecule has 1 unspecified atom stereocenters. The molecule has 0 radical (unpaired) electrons. The summed E-state index contributed by atoms with van der Waals surface area (Å²) in [5.41, 5.74) is 0.941. The summed E-state index contributed by atoms with van der Waals surface area (Å²) in [6.07, 6.45) is 0.992. The van der Waals surface area contributed by atoms with Crippen molar-refractivity contribution in [1.82, 2.24) is 9.62 Å². The Morgan fingerprint density at radius 2 is 1.93 bits per heavy atom. The van der Waals surface area contributed by atoms with Crippen LogP contribution >= 0.6 is 0 Å². The highest BCUT2D eigenvalue weighted by Crippen LogP contribution is 2.26. The number of carbonyl (C=O) groups is 1. The Morgan fingerprint density at radius 3 is 2.60 bits per heavy atom. The highest BCUT2D eigenvalue weighted by Gasteiger charge is 2.39. The van der Waals surface area contributed by atoms with Crippen molar-refractivity contribution in [1.29, 1.82) is 0 Å². The number of hydrogen-bond acceptors (Lipinski definition) is 4. The zero-order valence-electron chi connectivity index (χ0n) is 16.8. The first-order valence-electron chi connectivity index (χ1n) is 9.65. The number of halogens is 2. The average Bonchev–Trinajstić information content (AvgIpc) is 3.18. The molecule has 1 aliphatic rings. The molecule has 2 aromatic carbocycles. The summed E-state index contributed by atoms with van der Waals surface area (Å²) in [5, 5.41) is 2.72. The van der Waals surface area contributed by atoms with Crippen LogP contribution in [0.4, 0.5) is 8.78 Å². The standard InChI is InChI=1S/C21H24F2N2O4S/c1-14-5-8-17(9-6-14)30(27,28)25-11-3-4-19(25)21(26)24-15(2)13-29-20-10-7-16(22)12-18(20)23/h5-10,12,15,19H,3-4,11,13H2,1-2H3,(H,24,26)/t15?,19-/m0/s1. The molecule has 0 spiro atoms. The van der Waals surface area contributed by atoms with E-state index in [1.54, 1.807) is 19.1 Å². The molecular formula is C21H24F2N2O4S. The lowest BCUT2D eigenvalue weighted by Gasteiger charge is -2.25. The Morgan fingerprint density at radius 1 is 1.23 bits per heavy atom. The van der Waals surface area contributed by atoms with Crippen molar-refractivity contribution in [2.75, 3.05) is 13.2 Å². The normalized spacial score (nSPS) is 18.2. The second kappa shape index (κ2) is 9.09. The van der Waals surface area contributed by atoms with Gasteiger partial charge in [0.1, 0.15) is 18.5 Å². The molecule has 1 amide bonds. The minimum Gasteiger partial charge on any atom is -0.488 e. The van der Waals surface area contributed by atoms with Crippen LogP contribution in [-0.2, 0) is 14.8 Å². The van der Waals surface area contributed by atoms with Crippen molar-refractivity contribution in [3.05, 3.63) is 59.7 Å². The van der Waals surface area contributed by atoms with E-state index in [0.29, 0.717) is 18.9 Å². The Bertz CT molecular complexity index is 1010. The van der Waals surface area contributed by atoms with Crippen LogP contribution in [0.2, 0.25) is 0 Å². The summed E-state index contributed by atoms with van der Waals surface area (Å²) in [4.78, 5) is 12.9. The highest BCUT2D eigenvalue weighted by atomic mass is 32.2. The lowest BCUT2D eigenvalue weighted by atomic mass is 10.2. The molecule has 1 saturated heterocycles. The Hall–Kier alpha value is -2.52. The maximum Gasteiger partial charge on any atom is 0.243 e. The quantitative estimate of drug-likeness (QED) is 0.721. The number of carbonyl (C=O) groups excluding carboxylic acids is 1. The summed E-state index contributed by atoms with van der Waals surface area (Å²) in [7, 11) is -3.79. The highest BCUT2D eigenvalue weighted by molar-refractivity contribution is 7.89. The lowest BCUT2D eigenvalue weighted by Crippen LogP contribution is -2.49. The van der Waals surface area contributed by atoms with E-state index in [-0.39, 0.29) is 23.8 Å². The molecule has 0 bridgehead atoms. The first kappa shape index (κ1) is 22.2. The zero-order chi connectivity index (χ0) is 21.9. The number of hydrogen-bond donors (Lipinski definition) is 1. The van der Waals surface area contributed by atoms with Gasteiger partial charge in [-0.15, -0.1) is 0 Å². The third-order valence-corrected chi connectivity index (χ3v) is 6.83. The van der Waals surface area contributed by atoms with Gasteiger partial charge in [0.2, 0.25) is 15.9 Å². The molecule has 0 aromatic heterocycles. The third kappa shape index (κ3) is 4.96. The van der Waals surface area contributed by atoms with E-state index in [4.69, 9.17) is 4.74 Å². The van der Waals surface area contributed by atoms with Gasteiger partial charge in [0.05, 0.1) is 10.9 Å². The van der Waals surface area contributed by atoms with Gasteiger partial charge in [-0.2, -0.15) is 4.31 Å². The third-order valence-electron chi connectivity index (χ3n) is 4.91. The van der Waals surface area contributed by atoms with Crippen LogP contribution in [-0.4, -0.2) is 43.9 Å². The van der Waals surface area contributed by atoms with Gasteiger partial charge in [-0.1, -0.05) is 17.7 Å². The minimum absolute atomic E-state index is 0.0499. The monoisotopic (exact) mass is 438 g/mol.